The van der Waals surface area contributed by atoms with Gasteiger partial charge in [0.05, 0.1) is 11.0 Å². The van der Waals surface area contributed by atoms with Gasteiger partial charge in [-0.25, -0.2) is 0 Å². The molecule has 3 rings (SSSR count). The van der Waals surface area contributed by atoms with Crippen molar-refractivity contribution in [3.63, 3.8) is 0 Å². The van der Waals surface area contributed by atoms with Crippen molar-refractivity contribution >= 4 is 11.4 Å². The normalized spacial score (nSPS) is 24.8. The molecule has 0 bridgehead atoms. The van der Waals surface area contributed by atoms with Gasteiger partial charge < -0.3 is 20.1 Å². The molecule has 0 amide bonds. The number of anilines is 1. The summed E-state index contributed by atoms with van der Waals surface area (Å²) in [6, 6.07) is 3.33. The zero-order valence-corrected chi connectivity index (χ0v) is 11.9. The molecule has 0 spiro atoms. The zero-order valence-electron chi connectivity index (χ0n) is 11.9. The number of ether oxygens (including phenoxy) is 2. The first kappa shape index (κ1) is 13.9. The number of hydrogen-bond donors (Lipinski definition) is 1. The molecule has 7 heteroatoms. The first-order valence-electron chi connectivity index (χ1n) is 7.15. The molecule has 2 atom stereocenters. The summed E-state index contributed by atoms with van der Waals surface area (Å²) in [7, 11) is 0. The van der Waals surface area contributed by atoms with Crippen LogP contribution in [0.1, 0.15) is 13.3 Å². The number of piperidine rings is 1. The number of nitro groups is 1. The number of nitrogens with zero attached hydrogens (tertiary/aromatic N) is 2. The van der Waals surface area contributed by atoms with E-state index in [1.807, 2.05) is 4.90 Å². The highest BCUT2D eigenvalue weighted by molar-refractivity contribution is 5.70. The molecule has 21 heavy (non-hydrogen) atoms. The Labute approximate surface area is 122 Å². The fourth-order valence-corrected chi connectivity index (χ4v) is 2.85. The predicted molar refractivity (Wildman–Crippen MR) is 78.1 cm³/mol. The van der Waals surface area contributed by atoms with Crippen molar-refractivity contribution < 1.29 is 14.4 Å². The van der Waals surface area contributed by atoms with Gasteiger partial charge in [-0.2, -0.15) is 0 Å². The van der Waals surface area contributed by atoms with Crippen molar-refractivity contribution in [1.82, 2.24) is 0 Å². The lowest BCUT2D eigenvalue weighted by atomic mass is 9.94. The van der Waals surface area contributed by atoms with Crippen LogP contribution in [0.3, 0.4) is 0 Å². The molecule has 1 fully saturated rings. The SMILES string of the molecule is CC1CN(c2cc3c(cc2[N+](=O)[O-])OCCO3)CCC1N. The number of rotatable bonds is 2. The fourth-order valence-electron chi connectivity index (χ4n) is 2.85. The summed E-state index contributed by atoms with van der Waals surface area (Å²) in [5.74, 6) is 1.31. The van der Waals surface area contributed by atoms with Crippen LogP contribution in [-0.4, -0.2) is 37.3 Å². The maximum atomic E-state index is 11.4. The monoisotopic (exact) mass is 293 g/mol. The Morgan fingerprint density at radius 1 is 1.33 bits per heavy atom. The van der Waals surface area contributed by atoms with Crippen LogP contribution in [0.4, 0.5) is 11.4 Å². The van der Waals surface area contributed by atoms with E-state index in [0.717, 1.165) is 6.42 Å². The maximum Gasteiger partial charge on any atom is 0.296 e. The van der Waals surface area contributed by atoms with Crippen molar-refractivity contribution in [2.75, 3.05) is 31.2 Å². The topological polar surface area (TPSA) is 90.9 Å². The number of benzene rings is 1. The van der Waals surface area contributed by atoms with Crippen LogP contribution < -0.4 is 20.1 Å². The number of nitro benzene ring substituents is 1. The van der Waals surface area contributed by atoms with Crippen molar-refractivity contribution in [3.8, 4) is 11.5 Å². The van der Waals surface area contributed by atoms with Crippen molar-refractivity contribution in [1.29, 1.82) is 0 Å². The first-order valence-corrected chi connectivity index (χ1v) is 7.15. The third-order valence-electron chi connectivity index (χ3n) is 4.15. The maximum absolute atomic E-state index is 11.4. The van der Waals surface area contributed by atoms with Gasteiger partial charge in [0, 0.05) is 25.2 Å². The molecule has 2 aliphatic rings. The molecule has 0 saturated carbocycles. The highest BCUT2D eigenvalue weighted by atomic mass is 16.6. The predicted octanol–water partition coefficient (Wildman–Crippen LogP) is 1.54. The number of hydrogen-bond acceptors (Lipinski definition) is 6. The van der Waals surface area contributed by atoms with Crippen molar-refractivity contribution in [2.45, 2.75) is 19.4 Å². The molecule has 2 N–H and O–H groups in total. The van der Waals surface area contributed by atoms with Crippen LogP contribution in [-0.2, 0) is 0 Å². The molecule has 1 aromatic rings. The summed E-state index contributed by atoms with van der Waals surface area (Å²) < 4.78 is 11.0. The lowest BCUT2D eigenvalue weighted by molar-refractivity contribution is -0.384. The van der Waals surface area contributed by atoms with Crippen LogP contribution >= 0.6 is 0 Å². The molecule has 2 aliphatic heterocycles. The van der Waals surface area contributed by atoms with Crippen LogP contribution in [0, 0.1) is 16.0 Å². The number of fused-ring (bicyclic) bond motifs is 1. The summed E-state index contributed by atoms with van der Waals surface area (Å²) in [4.78, 5) is 13.0. The summed E-state index contributed by atoms with van der Waals surface area (Å²) in [6.07, 6.45) is 0.826. The molecule has 0 aliphatic carbocycles. The molecular formula is C14H19N3O4. The first-order chi connectivity index (χ1) is 10.1. The molecule has 1 saturated heterocycles. The van der Waals surface area contributed by atoms with Gasteiger partial charge in [-0.1, -0.05) is 6.92 Å². The van der Waals surface area contributed by atoms with Crippen molar-refractivity contribution in [2.24, 2.45) is 11.7 Å². The average Bonchev–Trinajstić information content (AvgIpc) is 2.48. The second kappa shape index (κ2) is 5.40. The lowest BCUT2D eigenvalue weighted by Gasteiger charge is -2.36. The van der Waals surface area contributed by atoms with E-state index in [-0.39, 0.29) is 16.7 Å². The van der Waals surface area contributed by atoms with Gasteiger partial charge in [0.1, 0.15) is 18.9 Å². The fraction of sp³-hybridized carbons (Fsp3) is 0.571. The molecular weight excluding hydrogens is 274 g/mol. The molecule has 0 aromatic heterocycles. The van der Waals surface area contributed by atoms with Gasteiger partial charge in [-0.3, -0.25) is 10.1 Å². The Balaban J connectivity index is 1.98. The highest BCUT2D eigenvalue weighted by Gasteiger charge is 2.30. The van der Waals surface area contributed by atoms with Crippen molar-refractivity contribution in [3.05, 3.63) is 22.2 Å². The Kier molecular flexibility index (Phi) is 3.59. The van der Waals surface area contributed by atoms with Crippen LogP contribution in [0.5, 0.6) is 11.5 Å². The van der Waals surface area contributed by atoms with E-state index in [1.54, 1.807) is 6.07 Å². The smallest absolute Gasteiger partial charge is 0.296 e. The van der Waals surface area contributed by atoms with Gasteiger partial charge in [0.2, 0.25) is 0 Å². The van der Waals surface area contributed by atoms with E-state index in [0.29, 0.717) is 49.4 Å². The lowest BCUT2D eigenvalue weighted by Crippen LogP contribution is -2.46. The van der Waals surface area contributed by atoms with Gasteiger partial charge in [0.25, 0.3) is 5.69 Å². The van der Waals surface area contributed by atoms with Gasteiger partial charge in [-0.15, -0.1) is 0 Å². The minimum absolute atomic E-state index is 0.0573. The van der Waals surface area contributed by atoms with E-state index in [1.165, 1.54) is 6.07 Å². The second-order valence-electron chi connectivity index (χ2n) is 5.62. The Morgan fingerprint density at radius 2 is 2.00 bits per heavy atom. The second-order valence-corrected chi connectivity index (χ2v) is 5.62. The quantitative estimate of drug-likeness (QED) is 0.657. The van der Waals surface area contributed by atoms with Crippen LogP contribution in [0.2, 0.25) is 0 Å². The van der Waals surface area contributed by atoms with Crippen LogP contribution in [0.15, 0.2) is 12.1 Å². The Morgan fingerprint density at radius 3 is 2.62 bits per heavy atom. The summed E-state index contributed by atoms with van der Waals surface area (Å²) in [5, 5.41) is 11.4. The van der Waals surface area contributed by atoms with Crippen LogP contribution in [0.25, 0.3) is 0 Å². The zero-order chi connectivity index (χ0) is 15.0. The van der Waals surface area contributed by atoms with Gasteiger partial charge >= 0.3 is 0 Å². The molecule has 1 aromatic carbocycles. The van der Waals surface area contributed by atoms with E-state index in [4.69, 9.17) is 15.2 Å². The Bertz CT molecular complexity index is 563. The van der Waals surface area contributed by atoms with E-state index in [2.05, 4.69) is 6.92 Å². The van der Waals surface area contributed by atoms with E-state index >= 15 is 0 Å². The molecule has 2 unspecified atom stereocenters. The van der Waals surface area contributed by atoms with E-state index < -0.39 is 0 Å². The standard InChI is InChI=1S/C14H19N3O4/c1-9-8-16(3-2-10(9)15)11-6-13-14(21-5-4-20-13)7-12(11)17(18)19/h6-7,9-10H,2-5,8,15H2,1H3. The largest absolute Gasteiger partial charge is 0.486 e. The highest BCUT2D eigenvalue weighted by Crippen LogP contribution is 2.41. The molecule has 0 radical (unpaired) electrons. The third kappa shape index (κ3) is 2.61. The average molecular weight is 293 g/mol. The molecule has 7 nitrogen and oxygen atoms in total. The summed E-state index contributed by atoms with van der Waals surface area (Å²) in [6.45, 7) is 4.37. The minimum atomic E-state index is -0.368. The number of nitrogens with two attached hydrogens (primary N) is 1. The molecule has 114 valence electrons. The Hall–Kier alpha value is -2.02. The van der Waals surface area contributed by atoms with Gasteiger partial charge in [-0.05, 0) is 12.3 Å². The third-order valence-corrected chi connectivity index (χ3v) is 4.15. The molecule has 2 heterocycles. The summed E-state index contributed by atoms with van der Waals surface area (Å²) >= 11 is 0. The van der Waals surface area contributed by atoms with Gasteiger partial charge in [0.15, 0.2) is 11.5 Å². The van der Waals surface area contributed by atoms with E-state index in [9.17, 15) is 10.1 Å². The minimum Gasteiger partial charge on any atom is -0.486 e. The summed E-state index contributed by atoms with van der Waals surface area (Å²) in [5.41, 5.74) is 6.67.